The number of fused-ring (bicyclic) bond motifs is 1. The van der Waals surface area contributed by atoms with E-state index in [4.69, 9.17) is 11.6 Å². The highest BCUT2D eigenvalue weighted by Gasteiger charge is 2.36. The predicted molar refractivity (Wildman–Crippen MR) is 121 cm³/mol. The van der Waals surface area contributed by atoms with Gasteiger partial charge in [-0.3, -0.25) is 28.4 Å². The largest absolute Gasteiger partial charge is 0.328 e. The van der Waals surface area contributed by atoms with Crippen molar-refractivity contribution in [1.82, 2.24) is 14.0 Å². The molecule has 1 saturated heterocycles. The van der Waals surface area contributed by atoms with Crippen LogP contribution in [0, 0.1) is 0 Å². The molecule has 4 rings (SSSR count). The Morgan fingerprint density at radius 2 is 1.81 bits per heavy atom. The average molecular weight is 457 g/mol. The highest BCUT2D eigenvalue weighted by atomic mass is 35.5. The first-order chi connectivity index (χ1) is 14.7. The minimum Gasteiger partial charge on any atom is -0.324 e. The summed E-state index contributed by atoms with van der Waals surface area (Å²) in [6.45, 7) is -0.402. The van der Waals surface area contributed by atoms with Gasteiger partial charge in [0.05, 0.1) is 15.9 Å². The number of halogens is 1. The van der Waals surface area contributed by atoms with Gasteiger partial charge in [0.2, 0.25) is 5.91 Å². The third-order valence-electron chi connectivity index (χ3n) is 4.88. The number of imide groups is 1. The lowest BCUT2D eigenvalue weighted by molar-refractivity contribution is -0.127. The number of anilines is 1. The highest BCUT2D eigenvalue weighted by Crippen LogP contribution is 2.32. The highest BCUT2D eigenvalue weighted by molar-refractivity contribution is 8.18. The molecular weight excluding hydrogens is 440 g/mol. The van der Waals surface area contributed by atoms with Crippen molar-refractivity contribution in [3.8, 4) is 0 Å². The van der Waals surface area contributed by atoms with Crippen LogP contribution in [-0.4, -0.2) is 37.6 Å². The number of rotatable bonds is 4. The van der Waals surface area contributed by atoms with Crippen LogP contribution in [0.15, 0.2) is 52.2 Å². The van der Waals surface area contributed by atoms with Gasteiger partial charge >= 0.3 is 5.69 Å². The molecule has 3 amide bonds. The van der Waals surface area contributed by atoms with Crippen molar-refractivity contribution in [2.45, 2.75) is 0 Å². The number of amides is 3. The summed E-state index contributed by atoms with van der Waals surface area (Å²) in [5.74, 6) is -1.05. The SMILES string of the molecule is Cn1c(=O)n(C)c2cc(/C=C3\SC(=O)N(CC(=O)Nc4cccc(Cl)c4)C3=O)ccc21. The fourth-order valence-electron chi connectivity index (χ4n) is 3.31. The number of aromatic nitrogens is 2. The normalized spacial score (nSPS) is 15.3. The van der Waals surface area contributed by atoms with Crippen LogP contribution in [-0.2, 0) is 23.7 Å². The van der Waals surface area contributed by atoms with Crippen molar-refractivity contribution in [3.05, 3.63) is 68.4 Å². The third kappa shape index (κ3) is 4.01. The van der Waals surface area contributed by atoms with E-state index in [2.05, 4.69) is 5.32 Å². The van der Waals surface area contributed by atoms with Crippen molar-refractivity contribution < 1.29 is 14.4 Å². The summed E-state index contributed by atoms with van der Waals surface area (Å²) >= 11 is 6.67. The molecular formula is C21H17ClN4O4S. The van der Waals surface area contributed by atoms with Gasteiger partial charge in [0.1, 0.15) is 6.54 Å². The van der Waals surface area contributed by atoms with Crippen molar-refractivity contribution in [3.63, 3.8) is 0 Å². The molecule has 1 fully saturated rings. The second-order valence-corrected chi connectivity index (χ2v) is 8.40. The maximum atomic E-state index is 12.7. The number of aryl methyl sites for hydroxylation is 2. The van der Waals surface area contributed by atoms with E-state index in [1.807, 2.05) is 0 Å². The molecule has 0 aliphatic carbocycles. The molecule has 0 saturated carbocycles. The maximum Gasteiger partial charge on any atom is 0.328 e. The van der Waals surface area contributed by atoms with E-state index in [0.717, 1.165) is 22.2 Å². The van der Waals surface area contributed by atoms with Gasteiger partial charge in [0.15, 0.2) is 0 Å². The zero-order valence-corrected chi connectivity index (χ0v) is 18.2. The standard InChI is InChI=1S/C21H17ClN4O4S/c1-24-15-7-6-12(8-16(15)25(2)20(24)29)9-17-19(28)26(21(30)31-17)11-18(27)23-14-5-3-4-13(22)10-14/h3-10H,11H2,1-2H3,(H,23,27)/b17-9-. The molecule has 0 unspecified atom stereocenters. The second kappa shape index (κ2) is 8.09. The van der Waals surface area contributed by atoms with E-state index < -0.39 is 23.6 Å². The first-order valence-electron chi connectivity index (χ1n) is 9.21. The number of imidazole rings is 1. The summed E-state index contributed by atoms with van der Waals surface area (Å²) in [5.41, 5.74) is 2.46. The molecule has 0 radical (unpaired) electrons. The lowest BCUT2D eigenvalue weighted by Crippen LogP contribution is -2.36. The fraction of sp³-hybridized carbons (Fsp3) is 0.143. The maximum absolute atomic E-state index is 12.7. The quantitative estimate of drug-likeness (QED) is 0.608. The monoisotopic (exact) mass is 456 g/mol. The summed E-state index contributed by atoms with van der Waals surface area (Å²) in [7, 11) is 3.35. The van der Waals surface area contributed by atoms with Crippen LogP contribution in [0.4, 0.5) is 10.5 Å². The summed E-state index contributed by atoms with van der Waals surface area (Å²) in [6, 6.07) is 11.9. The number of hydrogen-bond acceptors (Lipinski definition) is 5. The molecule has 3 aromatic rings. The molecule has 8 nitrogen and oxygen atoms in total. The van der Waals surface area contributed by atoms with Crippen LogP contribution < -0.4 is 11.0 Å². The van der Waals surface area contributed by atoms with E-state index in [1.165, 1.54) is 9.13 Å². The molecule has 10 heteroatoms. The lowest BCUT2D eigenvalue weighted by atomic mass is 10.2. The van der Waals surface area contributed by atoms with E-state index >= 15 is 0 Å². The van der Waals surface area contributed by atoms with Gasteiger partial charge in [-0.25, -0.2) is 4.79 Å². The Morgan fingerprint density at radius 1 is 1.06 bits per heavy atom. The van der Waals surface area contributed by atoms with Gasteiger partial charge in [0.25, 0.3) is 11.1 Å². The van der Waals surface area contributed by atoms with Crippen molar-refractivity contribution >= 4 is 63.2 Å². The molecule has 1 aliphatic heterocycles. The molecule has 0 atom stereocenters. The number of hydrogen-bond donors (Lipinski definition) is 1. The molecule has 1 aromatic heterocycles. The number of nitrogens with one attached hydrogen (secondary N) is 1. The smallest absolute Gasteiger partial charge is 0.324 e. The van der Waals surface area contributed by atoms with Crippen molar-refractivity contribution in [1.29, 1.82) is 0 Å². The van der Waals surface area contributed by atoms with Crippen LogP contribution >= 0.6 is 23.4 Å². The zero-order valence-electron chi connectivity index (χ0n) is 16.6. The van der Waals surface area contributed by atoms with Gasteiger partial charge in [-0.2, -0.15) is 0 Å². The number of carbonyl (C=O) groups is 3. The Morgan fingerprint density at radius 3 is 2.55 bits per heavy atom. The minimum absolute atomic E-state index is 0.154. The number of carbonyl (C=O) groups excluding carboxylic acids is 3. The van der Waals surface area contributed by atoms with E-state index in [1.54, 1.807) is 62.6 Å². The fourth-order valence-corrected chi connectivity index (χ4v) is 4.34. The van der Waals surface area contributed by atoms with Crippen LogP contribution in [0.3, 0.4) is 0 Å². The molecule has 0 bridgehead atoms. The van der Waals surface area contributed by atoms with E-state index in [9.17, 15) is 19.2 Å². The Labute approximate surface area is 186 Å². The molecule has 31 heavy (non-hydrogen) atoms. The van der Waals surface area contributed by atoms with E-state index in [-0.39, 0.29) is 10.6 Å². The molecule has 1 aliphatic rings. The Bertz CT molecular complexity index is 1340. The van der Waals surface area contributed by atoms with Gasteiger partial charge in [0, 0.05) is 24.8 Å². The van der Waals surface area contributed by atoms with Crippen LogP contribution in [0.5, 0.6) is 0 Å². The average Bonchev–Trinajstić information content (AvgIpc) is 3.10. The van der Waals surface area contributed by atoms with Crippen molar-refractivity contribution in [2.24, 2.45) is 14.1 Å². The van der Waals surface area contributed by atoms with Crippen LogP contribution in [0.1, 0.15) is 5.56 Å². The van der Waals surface area contributed by atoms with Gasteiger partial charge in [-0.15, -0.1) is 0 Å². The summed E-state index contributed by atoms with van der Waals surface area (Å²) in [6.07, 6.45) is 1.58. The molecule has 2 heterocycles. The Kier molecular flexibility index (Phi) is 5.47. The first kappa shape index (κ1) is 21.0. The van der Waals surface area contributed by atoms with Crippen molar-refractivity contribution in [2.75, 3.05) is 11.9 Å². The van der Waals surface area contributed by atoms with Crippen LogP contribution in [0.2, 0.25) is 5.02 Å². The van der Waals surface area contributed by atoms with Gasteiger partial charge in [-0.1, -0.05) is 23.7 Å². The molecule has 0 spiro atoms. The number of thioether (sulfide) groups is 1. The molecule has 1 N–H and O–H groups in total. The van der Waals surface area contributed by atoms with E-state index in [0.29, 0.717) is 21.8 Å². The summed E-state index contributed by atoms with van der Waals surface area (Å²) in [4.78, 5) is 50.5. The molecule has 158 valence electrons. The van der Waals surface area contributed by atoms with Crippen LogP contribution in [0.25, 0.3) is 17.1 Å². The zero-order chi connectivity index (χ0) is 22.3. The van der Waals surface area contributed by atoms with Gasteiger partial charge < -0.3 is 5.32 Å². The summed E-state index contributed by atoms with van der Waals surface area (Å²) < 4.78 is 3.05. The van der Waals surface area contributed by atoms with Gasteiger partial charge in [-0.05, 0) is 53.7 Å². The first-order valence-corrected chi connectivity index (χ1v) is 10.4. The number of nitrogens with zero attached hydrogens (tertiary/aromatic N) is 3. The molecule has 2 aromatic carbocycles. The Balaban J connectivity index is 1.53. The summed E-state index contributed by atoms with van der Waals surface area (Å²) in [5, 5.41) is 2.55. The third-order valence-corrected chi connectivity index (χ3v) is 6.02. The number of benzene rings is 2. The topological polar surface area (TPSA) is 93.4 Å². The predicted octanol–water partition coefficient (Wildman–Crippen LogP) is 3.21. The lowest BCUT2D eigenvalue weighted by Gasteiger charge is -2.12. The second-order valence-electron chi connectivity index (χ2n) is 6.98. The Hall–Kier alpha value is -3.30. The minimum atomic E-state index is -0.543.